The van der Waals surface area contributed by atoms with Crippen LogP contribution in [0.2, 0.25) is 0 Å². The Morgan fingerprint density at radius 2 is 1.80 bits per heavy atom. The number of fused-ring (bicyclic) bond motifs is 6. The van der Waals surface area contributed by atoms with Gasteiger partial charge in [0.2, 0.25) is 21.8 Å². The summed E-state index contributed by atoms with van der Waals surface area (Å²) >= 11 is 0. The number of nitrogens with one attached hydrogen (secondary N) is 3. The third-order valence-electron chi connectivity index (χ3n) is 12.6. The topological polar surface area (TPSA) is 195 Å². The fraction of sp³-hybridized carbons (Fsp3) is 0.523. The predicted octanol–water partition coefficient (Wildman–Crippen LogP) is 6.06. The van der Waals surface area contributed by atoms with Gasteiger partial charge in [0.25, 0.3) is 5.91 Å². The van der Waals surface area contributed by atoms with E-state index < -0.39 is 74.5 Å². The number of sulfonamides is 1. The smallest absolute Gasteiger partial charge is 0.408 e. The normalized spacial score (nSPS) is 26.8. The SMILES string of the molecule is CCOc1ccc2oc3c(O[C@@H]4C[C@H]5C(=O)N[C@]6(C(=O)NS(=O)(=O)C7CC7)C[C@H]6/C=C\CCCCC[C@H](NC(=O)OC6CCCC6)C(=O)N5C4)c4ccc(F)cc4nc3c2c1. The Kier molecular flexibility index (Phi) is 11.0. The molecule has 5 aliphatic rings. The molecule has 0 unspecified atom stereocenters. The van der Waals surface area contributed by atoms with E-state index in [1.165, 1.54) is 23.1 Å². The largest absolute Gasteiger partial charge is 0.494 e. The van der Waals surface area contributed by atoms with Crippen LogP contribution in [0.4, 0.5) is 9.18 Å². The van der Waals surface area contributed by atoms with Gasteiger partial charge in [0.05, 0.1) is 29.3 Å². The molecule has 1 saturated heterocycles. The van der Waals surface area contributed by atoms with Crippen molar-refractivity contribution in [2.45, 2.75) is 125 Å². The van der Waals surface area contributed by atoms with Gasteiger partial charge >= 0.3 is 6.09 Å². The lowest BCUT2D eigenvalue weighted by Gasteiger charge is -2.30. The summed E-state index contributed by atoms with van der Waals surface area (Å²) in [5, 5.41) is 6.09. The number of benzene rings is 2. The van der Waals surface area contributed by atoms with Gasteiger partial charge in [-0.15, -0.1) is 0 Å². The fourth-order valence-corrected chi connectivity index (χ4v) is 10.4. The minimum Gasteiger partial charge on any atom is -0.494 e. The molecule has 4 aromatic rings. The van der Waals surface area contributed by atoms with Gasteiger partial charge in [0, 0.05) is 23.8 Å². The number of halogens is 1. The lowest BCUT2D eigenvalue weighted by molar-refractivity contribution is -0.141. The Labute approximate surface area is 352 Å². The second-order valence-electron chi connectivity index (χ2n) is 17.0. The van der Waals surface area contributed by atoms with E-state index in [9.17, 15) is 32.0 Å². The van der Waals surface area contributed by atoms with Crippen molar-refractivity contribution in [2.75, 3.05) is 13.2 Å². The fourth-order valence-electron chi connectivity index (χ4n) is 9.08. The minimum absolute atomic E-state index is 0.0450. The van der Waals surface area contributed by atoms with Crippen LogP contribution < -0.4 is 24.8 Å². The zero-order valence-corrected chi connectivity index (χ0v) is 34.8. The van der Waals surface area contributed by atoms with Gasteiger partial charge in [-0.3, -0.25) is 19.1 Å². The quantitative estimate of drug-likeness (QED) is 0.166. The highest BCUT2D eigenvalue weighted by molar-refractivity contribution is 7.91. The number of rotatable bonds is 9. The van der Waals surface area contributed by atoms with Gasteiger partial charge in [-0.2, -0.15) is 0 Å². The van der Waals surface area contributed by atoms with Crippen molar-refractivity contribution in [1.29, 1.82) is 0 Å². The van der Waals surface area contributed by atoms with E-state index in [2.05, 4.69) is 15.4 Å². The summed E-state index contributed by atoms with van der Waals surface area (Å²) in [4.78, 5) is 62.7. The summed E-state index contributed by atoms with van der Waals surface area (Å²) in [5.41, 5.74) is -0.103. The highest BCUT2D eigenvalue weighted by atomic mass is 32.2. The number of pyridine rings is 1. The van der Waals surface area contributed by atoms with Crippen molar-refractivity contribution in [3.05, 3.63) is 54.4 Å². The molecule has 4 heterocycles. The van der Waals surface area contributed by atoms with Gasteiger partial charge in [-0.05, 0) is 101 Å². The number of allylic oxidation sites excluding steroid dienone is 1. The molecule has 2 aromatic carbocycles. The number of alkyl carbamates (subject to hydrolysis) is 1. The first kappa shape index (κ1) is 40.9. The Hall–Kier alpha value is -5.45. The van der Waals surface area contributed by atoms with E-state index in [1.807, 2.05) is 19.1 Å². The minimum atomic E-state index is -3.94. The van der Waals surface area contributed by atoms with Crippen molar-refractivity contribution in [1.82, 2.24) is 25.2 Å². The second-order valence-corrected chi connectivity index (χ2v) is 18.9. The molecule has 2 aliphatic heterocycles. The number of nitrogens with zero attached hydrogens (tertiary/aromatic N) is 2. The van der Waals surface area contributed by atoms with Crippen molar-refractivity contribution in [2.24, 2.45) is 5.92 Å². The molecule has 0 bridgehead atoms. The monoisotopic (exact) mass is 859 g/mol. The molecule has 2 aromatic heterocycles. The van der Waals surface area contributed by atoms with Crippen LogP contribution in [-0.4, -0.2) is 90.3 Å². The molecule has 17 heteroatoms. The standard InChI is InChI=1S/C44H50FN5O10S/c1-2-57-28-15-19-36-32(21-28)37-39(60-36)38(31-18-14-26(45)20-34(31)46-37)58-29-22-35-40(51)48-44(42(53)49-61(55,56)30-16-17-30)23-25(44)10-6-4-3-5-7-13-33(41(52)50(35)24-29)47-43(54)59-27-11-8-9-12-27/h6,10,14-15,18-21,25,27,29-30,33,35H,2-5,7-9,11-13,16-17,22-24H2,1H3,(H,47,54)(H,48,51)(H,49,53)/b10-6-/t25-,29-,33+,35+,44-/m1/s1. The number of hydrogen-bond acceptors (Lipinski definition) is 11. The van der Waals surface area contributed by atoms with Crippen molar-refractivity contribution in [3.63, 3.8) is 0 Å². The molecule has 3 aliphatic carbocycles. The second kappa shape index (κ2) is 16.4. The lowest BCUT2D eigenvalue weighted by Crippen LogP contribution is -2.58. The zero-order chi connectivity index (χ0) is 42.5. The van der Waals surface area contributed by atoms with Crippen molar-refractivity contribution < 1.29 is 50.6 Å². The van der Waals surface area contributed by atoms with Crippen LogP contribution in [-0.2, 0) is 29.1 Å². The Bertz CT molecular complexity index is 2540. The molecule has 4 fully saturated rings. The number of aromatic nitrogens is 1. The van der Waals surface area contributed by atoms with Crippen LogP contribution in [0.1, 0.15) is 90.4 Å². The number of amides is 4. The Morgan fingerprint density at radius 1 is 1.00 bits per heavy atom. The van der Waals surface area contributed by atoms with E-state index >= 15 is 0 Å². The van der Waals surface area contributed by atoms with E-state index in [4.69, 9.17) is 23.6 Å². The number of carbonyl (C=O) groups excluding carboxylic acids is 4. The molecule has 3 N–H and O–H groups in total. The molecule has 61 heavy (non-hydrogen) atoms. The number of ether oxygens (including phenoxy) is 3. The Morgan fingerprint density at radius 3 is 2.59 bits per heavy atom. The van der Waals surface area contributed by atoms with E-state index in [0.29, 0.717) is 65.4 Å². The van der Waals surface area contributed by atoms with Gasteiger partial charge in [0.1, 0.15) is 52.5 Å². The van der Waals surface area contributed by atoms with Crippen LogP contribution in [0.25, 0.3) is 33.0 Å². The summed E-state index contributed by atoms with van der Waals surface area (Å²) in [6, 6.07) is 7.17. The van der Waals surface area contributed by atoms with Crippen LogP contribution in [0.5, 0.6) is 11.5 Å². The van der Waals surface area contributed by atoms with Gasteiger partial charge in [-0.1, -0.05) is 25.0 Å². The van der Waals surface area contributed by atoms with Gasteiger partial charge in [0.15, 0.2) is 11.3 Å². The molecule has 0 spiro atoms. The van der Waals surface area contributed by atoms with Crippen LogP contribution in [0.3, 0.4) is 0 Å². The van der Waals surface area contributed by atoms with Crippen LogP contribution in [0, 0.1) is 11.7 Å². The third kappa shape index (κ3) is 8.32. The number of carbonyl (C=O) groups is 4. The maximum absolute atomic E-state index is 14.8. The summed E-state index contributed by atoms with van der Waals surface area (Å²) < 4.78 is 67.4. The molecule has 5 atom stereocenters. The number of hydrogen-bond donors (Lipinski definition) is 3. The molecule has 4 amide bonds. The molecule has 9 rings (SSSR count). The highest BCUT2D eigenvalue weighted by Gasteiger charge is 2.62. The van der Waals surface area contributed by atoms with Crippen LogP contribution >= 0.6 is 0 Å². The summed E-state index contributed by atoms with van der Waals surface area (Å²) in [6.07, 6.45) is 9.49. The predicted molar refractivity (Wildman–Crippen MR) is 222 cm³/mol. The third-order valence-corrected chi connectivity index (χ3v) is 14.4. The van der Waals surface area contributed by atoms with Crippen LogP contribution in [0.15, 0.2) is 53.0 Å². The van der Waals surface area contributed by atoms with E-state index in [-0.39, 0.29) is 43.2 Å². The number of furan rings is 1. The summed E-state index contributed by atoms with van der Waals surface area (Å²) in [5.74, 6) is -2.17. The van der Waals surface area contributed by atoms with E-state index in [0.717, 1.165) is 38.5 Å². The molecule has 3 saturated carbocycles. The van der Waals surface area contributed by atoms with Crippen molar-refractivity contribution in [3.8, 4) is 11.5 Å². The Balaban J connectivity index is 1.07. The first-order valence-corrected chi connectivity index (χ1v) is 23.0. The maximum atomic E-state index is 14.8. The molecule has 0 radical (unpaired) electrons. The molecule has 324 valence electrons. The first-order chi connectivity index (χ1) is 29.4. The lowest BCUT2D eigenvalue weighted by atomic mass is 10.0. The summed E-state index contributed by atoms with van der Waals surface area (Å²) in [7, 11) is -3.94. The zero-order valence-electron chi connectivity index (χ0n) is 34.0. The maximum Gasteiger partial charge on any atom is 0.408 e. The highest BCUT2D eigenvalue weighted by Crippen LogP contribution is 2.47. The average Bonchev–Trinajstić information content (AvgIpc) is 4.04. The van der Waals surface area contributed by atoms with Crippen molar-refractivity contribution >= 4 is 66.8 Å². The molecular formula is C44H50FN5O10S. The summed E-state index contributed by atoms with van der Waals surface area (Å²) in [6.45, 7) is 2.20. The van der Waals surface area contributed by atoms with Gasteiger partial charge in [-0.25, -0.2) is 22.6 Å². The first-order valence-electron chi connectivity index (χ1n) is 21.5. The molecule has 15 nitrogen and oxygen atoms in total. The average molecular weight is 860 g/mol. The van der Waals surface area contributed by atoms with E-state index in [1.54, 1.807) is 18.2 Å². The molecular weight excluding hydrogens is 810 g/mol. The van der Waals surface area contributed by atoms with Gasteiger partial charge < -0.3 is 34.2 Å².